The summed E-state index contributed by atoms with van der Waals surface area (Å²) in [6, 6.07) is 11.2. The Labute approximate surface area is 132 Å². The van der Waals surface area contributed by atoms with Gasteiger partial charge in [-0.25, -0.2) is 9.97 Å². The second kappa shape index (κ2) is 5.61. The van der Waals surface area contributed by atoms with Gasteiger partial charge in [0, 0.05) is 29.2 Å². The van der Waals surface area contributed by atoms with E-state index in [4.69, 9.17) is 17.3 Å². The minimum Gasteiger partial charge on any atom is -0.368 e. The number of amides is 1. The number of anilines is 2. The molecule has 3 aromatic rings. The van der Waals surface area contributed by atoms with Crippen LogP contribution in [0.5, 0.6) is 0 Å². The Hall–Kier alpha value is -2.66. The molecule has 6 heteroatoms. The van der Waals surface area contributed by atoms with Crippen molar-refractivity contribution in [1.29, 1.82) is 0 Å². The minimum absolute atomic E-state index is 0.146. The lowest BCUT2D eigenvalue weighted by atomic mass is 10.0. The van der Waals surface area contributed by atoms with E-state index in [1.165, 1.54) is 6.92 Å². The van der Waals surface area contributed by atoms with Crippen molar-refractivity contribution in [2.75, 3.05) is 11.1 Å². The summed E-state index contributed by atoms with van der Waals surface area (Å²) in [4.78, 5) is 19.4. The van der Waals surface area contributed by atoms with Crippen LogP contribution in [0.2, 0.25) is 5.02 Å². The van der Waals surface area contributed by atoms with E-state index in [0.717, 1.165) is 22.0 Å². The highest BCUT2D eigenvalue weighted by Gasteiger charge is 2.06. The topological polar surface area (TPSA) is 80.9 Å². The maximum Gasteiger partial charge on any atom is 0.221 e. The summed E-state index contributed by atoms with van der Waals surface area (Å²) in [7, 11) is 0. The number of halogens is 1. The summed E-state index contributed by atoms with van der Waals surface area (Å²) in [6.07, 6.45) is 1.68. The Morgan fingerprint density at radius 1 is 1.18 bits per heavy atom. The van der Waals surface area contributed by atoms with Gasteiger partial charge in [-0.15, -0.1) is 0 Å². The van der Waals surface area contributed by atoms with Gasteiger partial charge in [0.1, 0.15) is 0 Å². The molecule has 0 aliphatic heterocycles. The van der Waals surface area contributed by atoms with Crippen LogP contribution < -0.4 is 11.1 Å². The fourth-order valence-electron chi connectivity index (χ4n) is 2.25. The van der Waals surface area contributed by atoms with Crippen LogP contribution in [0, 0.1) is 0 Å². The zero-order chi connectivity index (χ0) is 15.7. The van der Waals surface area contributed by atoms with Crippen molar-refractivity contribution in [3.8, 4) is 11.1 Å². The molecule has 0 spiro atoms. The smallest absolute Gasteiger partial charge is 0.221 e. The second-order valence-electron chi connectivity index (χ2n) is 4.91. The third-order valence-corrected chi connectivity index (χ3v) is 3.37. The van der Waals surface area contributed by atoms with Crippen molar-refractivity contribution < 1.29 is 4.79 Å². The predicted octanol–water partition coefficient (Wildman–Crippen LogP) is 3.49. The lowest BCUT2D eigenvalue weighted by molar-refractivity contribution is -0.114. The molecule has 0 unspecified atom stereocenters. The number of benzene rings is 2. The van der Waals surface area contributed by atoms with E-state index in [0.29, 0.717) is 10.7 Å². The van der Waals surface area contributed by atoms with E-state index < -0.39 is 0 Å². The molecule has 0 saturated carbocycles. The molecule has 0 aliphatic carbocycles. The zero-order valence-electron chi connectivity index (χ0n) is 11.8. The van der Waals surface area contributed by atoms with Gasteiger partial charge in [-0.2, -0.15) is 0 Å². The number of hydrogen-bond acceptors (Lipinski definition) is 4. The molecule has 22 heavy (non-hydrogen) atoms. The molecule has 2 aromatic carbocycles. The molecular formula is C16H13ClN4O. The average molecular weight is 313 g/mol. The molecule has 0 atom stereocenters. The molecular weight excluding hydrogens is 300 g/mol. The maximum atomic E-state index is 11.2. The average Bonchev–Trinajstić information content (AvgIpc) is 2.45. The Morgan fingerprint density at radius 2 is 2.00 bits per heavy atom. The van der Waals surface area contributed by atoms with Crippen molar-refractivity contribution in [1.82, 2.24) is 9.97 Å². The number of nitrogens with two attached hydrogens (primary N) is 1. The van der Waals surface area contributed by atoms with Crippen molar-refractivity contribution in [3.05, 3.63) is 47.6 Å². The van der Waals surface area contributed by atoms with Gasteiger partial charge in [0.15, 0.2) is 0 Å². The first-order valence-electron chi connectivity index (χ1n) is 6.62. The Bertz CT molecular complexity index is 879. The summed E-state index contributed by atoms with van der Waals surface area (Å²) < 4.78 is 0. The van der Waals surface area contributed by atoms with Gasteiger partial charge < -0.3 is 11.1 Å². The van der Waals surface area contributed by atoms with Crippen LogP contribution in [0.4, 0.5) is 11.6 Å². The van der Waals surface area contributed by atoms with E-state index in [1.807, 2.05) is 30.3 Å². The number of nitrogen functional groups attached to an aromatic ring is 1. The minimum atomic E-state index is -0.146. The van der Waals surface area contributed by atoms with Gasteiger partial charge >= 0.3 is 0 Å². The number of carbonyl (C=O) groups excluding carboxylic acids is 1. The highest BCUT2D eigenvalue weighted by Crippen LogP contribution is 2.29. The Balaban J connectivity index is 2.10. The summed E-state index contributed by atoms with van der Waals surface area (Å²) in [5.41, 5.74) is 8.85. The zero-order valence-corrected chi connectivity index (χ0v) is 12.6. The lowest BCUT2D eigenvalue weighted by Crippen LogP contribution is -2.05. The summed E-state index contributed by atoms with van der Waals surface area (Å²) in [6.45, 7) is 1.45. The first-order chi connectivity index (χ1) is 10.5. The third kappa shape index (κ3) is 2.99. The standard InChI is InChI=1S/C16H13ClN4O/c1-9(22)20-14-5-12(4-13(17)7-14)10-2-3-11-8-19-16(18)21-15(11)6-10/h2-8H,1H3,(H,20,22)(H2,18,19,21). The van der Waals surface area contributed by atoms with E-state index in [1.54, 1.807) is 12.3 Å². The molecule has 3 rings (SSSR count). The molecule has 3 N–H and O–H groups in total. The number of rotatable bonds is 2. The van der Waals surface area contributed by atoms with E-state index in [-0.39, 0.29) is 11.9 Å². The monoisotopic (exact) mass is 312 g/mol. The molecule has 0 fully saturated rings. The quantitative estimate of drug-likeness (QED) is 0.759. The fraction of sp³-hybridized carbons (Fsp3) is 0.0625. The molecule has 0 bridgehead atoms. The largest absolute Gasteiger partial charge is 0.368 e. The van der Waals surface area contributed by atoms with Crippen LogP contribution in [0.15, 0.2) is 42.6 Å². The van der Waals surface area contributed by atoms with Crippen molar-refractivity contribution in [2.24, 2.45) is 0 Å². The number of hydrogen-bond donors (Lipinski definition) is 2. The summed E-state index contributed by atoms with van der Waals surface area (Å²) in [5, 5.41) is 4.18. The molecule has 1 heterocycles. The Morgan fingerprint density at radius 3 is 2.77 bits per heavy atom. The number of nitrogens with zero attached hydrogens (tertiary/aromatic N) is 2. The van der Waals surface area contributed by atoms with Crippen LogP contribution in [0.3, 0.4) is 0 Å². The van der Waals surface area contributed by atoms with Crippen molar-refractivity contribution in [3.63, 3.8) is 0 Å². The van der Waals surface area contributed by atoms with Crippen LogP contribution in [-0.2, 0) is 4.79 Å². The van der Waals surface area contributed by atoms with Gasteiger partial charge in [-0.1, -0.05) is 23.7 Å². The number of aromatic nitrogens is 2. The fourth-order valence-corrected chi connectivity index (χ4v) is 2.48. The third-order valence-electron chi connectivity index (χ3n) is 3.15. The van der Waals surface area contributed by atoms with Crippen LogP contribution in [-0.4, -0.2) is 15.9 Å². The van der Waals surface area contributed by atoms with E-state index in [2.05, 4.69) is 15.3 Å². The summed E-state index contributed by atoms with van der Waals surface area (Å²) in [5.74, 6) is 0.0851. The van der Waals surface area contributed by atoms with Crippen LogP contribution in [0.1, 0.15) is 6.92 Å². The maximum absolute atomic E-state index is 11.2. The highest BCUT2D eigenvalue weighted by atomic mass is 35.5. The van der Waals surface area contributed by atoms with Gasteiger partial charge in [-0.3, -0.25) is 4.79 Å². The van der Waals surface area contributed by atoms with Gasteiger partial charge in [0.2, 0.25) is 11.9 Å². The molecule has 0 radical (unpaired) electrons. The van der Waals surface area contributed by atoms with E-state index >= 15 is 0 Å². The van der Waals surface area contributed by atoms with Crippen molar-refractivity contribution in [2.45, 2.75) is 6.92 Å². The normalized spacial score (nSPS) is 10.6. The first-order valence-corrected chi connectivity index (χ1v) is 7.00. The predicted molar refractivity (Wildman–Crippen MR) is 88.7 cm³/mol. The van der Waals surface area contributed by atoms with Crippen LogP contribution >= 0.6 is 11.6 Å². The highest BCUT2D eigenvalue weighted by molar-refractivity contribution is 6.31. The molecule has 110 valence electrons. The van der Waals surface area contributed by atoms with Gasteiger partial charge in [0.25, 0.3) is 0 Å². The molecule has 0 aliphatic rings. The molecule has 1 aromatic heterocycles. The number of nitrogens with one attached hydrogen (secondary N) is 1. The van der Waals surface area contributed by atoms with Crippen molar-refractivity contribution >= 4 is 40.0 Å². The van der Waals surface area contributed by atoms with Gasteiger partial charge in [0.05, 0.1) is 5.52 Å². The number of carbonyl (C=O) groups is 1. The molecule has 1 amide bonds. The first kappa shape index (κ1) is 14.3. The second-order valence-corrected chi connectivity index (χ2v) is 5.35. The van der Waals surface area contributed by atoms with Crippen LogP contribution in [0.25, 0.3) is 22.0 Å². The summed E-state index contributed by atoms with van der Waals surface area (Å²) >= 11 is 6.13. The molecule has 0 saturated heterocycles. The SMILES string of the molecule is CC(=O)Nc1cc(Cl)cc(-c2ccc3cnc(N)nc3c2)c1. The van der Waals surface area contributed by atoms with Gasteiger partial charge in [-0.05, 0) is 35.4 Å². The Kier molecular flexibility index (Phi) is 3.65. The van der Waals surface area contributed by atoms with E-state index in [9.17, 15) is 4.79 Å². The lowest BCUT2D eigenvalue weighted by Gasteiger charge is -2.08. The number of fused-ring (bicyclic) bond motifs is 1. The molecule has 5 nitrogen and oxygen atoms in total.